The minimum absolute atomic E-state index is 0.0404. The Hall–Kier alpha value is -2.97. The van der Waals surface area contributed by atoms with E-state index >= 15 is 0 Å². The molecule has 0 aliphatic rings. The number of carbonyl (C=O) groups is 1. The van der Waals surface area contributed by atoms with Crippen molar-refractivity contribution in [2.24, 2.45) is 0 Å². The molecule has 190 valence electrons. The molecule has 3 rings (SSSR count). The van der Waals surface area contributed by atoms with Gasteiger partial charge in [0.15, 0.2) is 0 Å². The monoisotopic (exact) mass is 479 g/mol. The van der Waals surface area contributed by atoms with Crippen LogP contribution in [0.15, 0.2) is 49.1 Å². The van der Waals surface area contributed by atoms with Gasteiger partial charge >= 0.3 is 0 Å². The summed E-state index contributed by atoms with van der Waals surface area (Å²) >= 11 is 0. The Morgan fingerprint density at radius 3 is 1.89 bits per heavy atom. The predicted molar refractivity (Wildman–Crippen MR) is 140 cm³/mol. The van der Waals surface area contributed by atoms with Crippen molar-refractivity contribution in [3.8, 4) is 0 Å². The third-order valence-electron chi connectivity index (χ3n) is 6.08. The van der Waals surface area contributed by atoms with Crippen LogP contribution in [0.2, 0.25) is 0 Å². The minimum atomic E-state index is -0.0404. The van der Waals surface area contributed by atoms with Crippen LogP contribution in [0.5, 0.6) is 0 Å². The lowest BCUT2D eigenvalue weighted by molar-refractivity contribution is 0.0721. The first-order valence-corrected chi connectivity index (χ1v) is 12.8. The number of aromatic amines is 2. The number of unbranched alkanes of at least 4 members (excludes halogenated alkanes) is 1. The first kappa shape index (κ1) is 26.6. The van der Waals surface area contributed by atoms with Crippen molar-refractivity contribution in [3.05, 3.63) is 71.8 Å². The summed E-state index contributed by atoms with van der Waals surface area (Å²) in [4.78, 5) is 34.7. The minimum Gasteiger partial charge on any atom is -0.347 e. The Bertz CT molecular complexity index is 912. The highest BCUT2D eigenvalue weighted by atomic mass is 16.2. The maximum absolute atomic E-state index is 13.3. The number of benzene rings is 1. The molecule has 1 amide bonds. The maximum Gasteiger partial charge on any atom is 0.254 e. The van der Waals surface area contributed by atoms with E-state index in [0.29, 0.717) is 18.7 Å². The molecule has 8 nitrogen and oxygen atoms in total. The van der Waals surface area contributed by atoms with E-state index in [-0.39, 0.29) is 5.91 Å². The van der Waals surface area contributed by atoms with E-state index in [2.05, 4.69) is 62.8 Å². The second-order valence-electron chi connectivity index (χ2n) is 9.22. The van der Waals surface area contributed by atoms with Gasteiger partial charge in [-0.1, -0.05) is 26.0 Å². The van der Waals surface area contributed by atoms with Gasteiger partial charge in [0.1, 0.15) is 11.6 Å². The molecule has 2 heterocycles. The smallest absolute Gasteiger partial charge is 0.254 e. The number of amides is 1. The summed E-state index contributed by atoms with van der Waals surface area (Å²) in [7, 11) is 2.17. The fourth-order valence-electron chi connectivity index (χ4n) is 4.34. The second-order valence-corrected chi connectivity index (χ2v) is 9.22. The highest BCUT2D eigenvalue weighted by molar-refractivity contribution is 5.94. The lowest BCUT2D eigenvalue weighted by atomic mass is 10.1. The van der Waals surface area contributed by atoms with Crippen LogP contribution in [0.4, 0.5) is 0 Å². The molecule has 0 aliphatic heterocycles. The molecule has 0 aliphatic carbocycles. The summed E-state index contributed by atoms with van der Waals surface area (Å²) in [5.74, 6) is 1.45. The Morgan fingerprint density at radius 2 is 1.37 bits per heavy atom. The number of nitrogens with one attached hydrogen (secondary N) is 2. The Labute approximate surface area is 209 Å². The van der Waals surface area contributed by atoms with Crippen molar-refractivity contribution >= 4 is 5.91 Å². The number of carbonyl (C=O) groups excluding carboxylic acids is 1. The van der Waals surface area contributed by atoms with Crippen molar-refractivity contribution in [2.75, 3.05) is 33.2 Å². The summed E-state index contributed by atoms with van der Waals surface area (Å²) in [6.45, 7) is 10.9. The van der Waals surface area contributed by atoms with E-state index in [1.165, 1.54) is 50.9 Å². The van der Waals surface area contributed by atoms with Crippen LogP contribution >= 0.6 is 0 Å². The molecule has 3 aromatic rings. The highest BCUT2D eigenvalue weighted by Crippen LogP contribution is 2.14. The zero-order valence-corrected chi connectivity index (χ0v) is 21.5. The fraction of sp³-hybridized carbons (Fsp3) is 0.519. The third kappa shape index (κ3) is 8.96. The molecule has 0 saturated carbocycles. The molecule has 8 heteroatoms. The molecule has 35 heavy (non-hydrogen) atoms. The van der Waals surface area contributed by atoms with Gasteiger partial charge in [-0.3, -0.25) is 4.79 Å². The molecule has 0 atom stereocenters. The highest BCUT2D eigenvalue weighted by Gasteiger charge is 2.19. The average Bonchev–Trinajstić information content (AvgIpc) is 3.56. The molecule has 0 spiro atoms. The van der Waals surface area contributed by atoms with E-state index < -0.39 is 0 Å². The standard InChI is InChI=1S/C27H41N7O/c1-4-16-33(17-5-2)19-7-6-18-32(3)20-23-8-10-24(11-9-23)27(35)34(21-25-28-12-13-29-25)22-26-30-14-15-31-26/h8-15H,4-7,16-22H2,1-3H3,(H,28,29)(H,30,31). The zero-order valence-electron chi connectivity index (χ0n) is 21.5. The first-order valence-electron chi connectivity index (χ1n) is 12.8. The molecular weight excluding hydrogens is 438 g/mol. The van der Waals surface area contributed by atoms with Crippen LogP contribution in [0.25, 0.3) is 0 Å². The number of imidazole rings is 2. The molecule has 1 aromatic carbocycles. The number of rotatable bonds is 16. The van der Waals surface area contributed by atoms with E-state index in [1.54, 1.807) is 29.7 Å². The van der Waals surface area contributed by atoms with Gasteiger partial charge in [-0.2, -0.15) is 0 Å². The molecule has 2 aromatic heterocycles. The maximum atomic E-state index is 13.3. The molecular formula is C27H41N7O. The first-order chi connectivity index (χ1) is 17.1. The fourth-order valence-corrected chi connectivity index (χ4v) is 4.34. The number of H-pyrrole nitrogens is 2. The predicted octanol–water partition coefficient (Wildman–Crippen LogP) is 4.31. The van der Waals surface area contributed by atoms with Gasteiger partial charge in [-0.05, 0) is 76.6 Å². The summed E-state index contributed by atoms with van der Waals surface area (Å²) in [6, 6.07) is 7.98. The van der Waals surface area contributed by atoms with Crippen molar-refractivity contribution in [1.29, 1.82) is 0 Å². The van der Waals surface area contributed by atoms with Gasteiger partial charge in [0.05, 0.1) is 13.1 Å². The Kier molecular flexibility index (Phi) is 11.0. The molecule has 2 N–H and O–H groups in total. The van der Waals surface area contributed by atoms with E-state index in [0.717, 1.165) is 24.7 Å². The van der Waals surface area contributed by atoms with E-state index in [4.69, 9.17) is 0 Å². The molecule has 0 fully saturated rings. The molecule has 0 unspecified atom stereocenters. The van der Waals surface area contributed by atoms with Crippen LogP contribution in [-0.4, -0.2) is 73.8 Å². The topological polar surface area (TPSA) is 84.2 Å². The van der Waals surface area contributed by atoms with Crippen molar-refractivity contribution in [1.82, 2.24) is 34.6 Å². The van der Waals surface area contributed by atoms with Crippen LogP contribution < -0.4 is 0 Å². The van der Waals surface area contributed by atoms with Crippen molar-refractivity contribution < 1.29 is 4.79 Å². The number of hydrogen-bond donors (Lipinski definition) is 2. The molecule has 0 saturated heterocycles. The van der Waals surface area contributed by atoms with Gasteiger partial charge in [0, 0.05) is 36.9 Å². The van der Waals surface area contributed by atoms with E-state index in [9.17, 15) is 4.79 Å². The summed E-state index contributed by atoms with van der Waals surface area (Å²) in [5, 5.41) is 0. The number of aromatic nitrogens is 4. The Balaban J connectivity index is 1.50. The zero-order chi connectivity index (χ0) is 24.9. The van der Waals surface area contributed by atoms with Crippen molar-refractivity contribution in [3.63, 3.8) is 0 Å². The SMILES string of the molecule is CCCN(CCC)CCCCN(C)Cc1ccc(C(=O)N(Cc2ncc[nH]2)Cc2ncc[nH]2)cc1. The summed E-state index contributed by atoms with van der Waals surface area (Å²) in [6.07, 6.45) is 11.8. The third-order valence-corrected chi connectivity index (χ3v) is 6.08. The lowest BCUT2D eigenvalue weighted by Gasteiger charge is -2.22. The number of hydrogen-bond acceptors (Lipinski definition) is 5. The van der Waals surface area contributed by atoms with Crippen LogP contribution in [0.3, 0.4) is 0 Å². The van der Waals surface area contributed by atoms with Gasteiger partial charge in [-0.25, -0.2) is 9.97 Å². The normalized spacial score (nSPS) is 11.5. The van der Waals surface area contributed by atoms with Gasteiger partial charge in [0.25, 0.3) is 5.91 Å². The average molecular weight is 480 g/mol. The Morgan fingerprint density at radius 1 is 0.800 bits per heavy atom. The van der Waals surface area contributed by atoms with Gasteiger partial charge in [-0.15, -0.1) is 0 Å². The quantitative estimate of drug-likeness (QED) is 0.299. The summed E-state index contributed by atoms with van der Waals surface area (Å²) in [5.41, 5.74) is 1.88. The molecule has 0 bridgehead atoms. The van der Waals surface area contributed by atoms with Crippen LogP contribution in [-0.2, 0) is 19.6 Å². The number of nitrogens with zero attached hydrogens (tertiary/aromatic N) is 5. The van der Waals surface area contributed by atoms with Crippen LogP contribution in [0.1, 0.15) is 67.1 Å². The molecule has 0 radical (unpaired) electrons. The van der Waals surface area contributed by atoms with Crippen LogP contribution in [0, 0.1) is 0 Å². The van der Waals surface area contributed by atoms with E-state index in [1.807, 2.05) is 12.1 Å². The second kappa shape index (κ2) is 14.4. The van der Waals surface area contributed by atoms with Crippen molar-refractivity contribution in [2.45, 2.75) is 59.2 Å². The van der Waals surface area contributed by atoms with Gasteiger partial charge < -0.3 is 24.7 Å². The van der Waals surface area contributed by atoms with Gasteiger partial charge in [0.2, 0.25) is 0 Å². The lowest BCUT2D eigenvalue weighted by Crippen LogP contribution is -2.31. The largest absolute Gasteiger partial charge is 0.347 e. The summed E-state index contributed by atoms with van der Waals surface area (Å²) < 4.78 is 0.